The molecule has 0 aliphatic carbocycles. The zero-order valence-electron chi connectivity index (χ0n) is 39.6. The fraction of sp³-hybridized carbons (Fsp3) is 0.431. The summed E-state index contributed by atoms with van der Waals surface area (Å²) >= 11 is 0. The number of anilines is 1. The van der Waals surface area contributed by atoms with Gasteiger partial charge in [0, 0.05) is 92.4 Å². The Balaban J connectivity index is 0.832. The molecule has 15 nitrogen and oxygen atoms in total. The van der Waals surface area contributed by atoms with Crippen LogP contribution in [0.4, 0.5) is 10.6 Å². The first-order chi connectivity index (χ1) is 31.9. The van der Waals surface area contributed by atoms with E-state index in [0.29, 0.717) is 48.5 Å². The Labute approximate surface area is 392 Å². The molecule has 8 rings (SSSR count). The van der Waals surface area contributed by atoms with Gasteiger partial charge in [-0.05, 0) is 114 Å². The van der Waals surface area contributed by atoms with Crippen LogP contribution in [0.3, 0.4) is 0 Å². The topological polar surface area (TPSA) is 161 Å². The smallest absolute Gasteiger partial charge is 0.419 e. The van der Waals surface area contributed by atoms with Crippen LogP contribution >= 0.6 is 0 Å². The molecule has 16 heteroatoms. The molecule has 2 saturated heterocycles. The molecular weight excluding hydrogens is 865 g/mol. The van der Waals surface area contributed by atoms with E-state index >= 15 is 0 Å². The second kappa shape index (κ2) is 19.4. The van der Waals surface area contributed by atoms with Gasteiger partial charge in [0.05, 0.1) is 17.8 Å². The number of carbonyl (C=O) groups is 5. The van der Waals surface area contributed by atoms with E-state index < -0.39 is 25.8 Å². The van der Waals surface area contributed by atoms with Crippen molar-refractivity contribution in [3.63, 3.8) is 0 Å². The molecule has 6 heterocycles. The molecule has 350 valence electrons. The quantitative estimate of drug-likeness (QED) is 0.0526. The van der Waals surface area contributed by atoms with E-state index in [0.717, 1.165) is 70.1 Å². The van der Waals surface area contributed by atoms with Crippen molar-refractivity contribution in [1.82, 2.24) is 34.0 Å². The standard InChI is InChI=1S/C51H60N8O7Si/c1-51(2,3)66-50(64)59-43-28-45(52-29-37(43)27-44(59)41-13-11-22-55(41)4)54-47(61)36-17-15-35(16-18-36)39-30-53-56(31-39)23-10-8-9-12-34-14-19-40-38(26-34)32-57(48(40)62)42-20-21-46(60)58(49(42)63)33-65-24-25-67(5,6)7/h14-19,26-31,41-42H,8,10-11,13,20-25,32-33H2,1-7H3,(H,52,54,61)/t41-,42?/m1/s1. The van der Waals surface area contributed by atoms with Gasteiger partial charge < -0.3 is 19.7 Å². The number of unbranched alkanes of at least 4 members (excludes halogenated alkanes) is 1. The molecular formula is C51H60N8O7Si. The van der Waals surface area contributed by atoms with Crippen LogP contribution in [-0.4, -0.2) is 110 Å². The van der Waals surface area contributed by atoms with Crippen molar-refractivity contribution in [1.29, 1.82) is 0 Å². The van der Waals surface area contributed by atoms with Gasteiger partial charge in [0.25, 0.3) is 17.7 Å². The van der Waals surface area contributed by atoms with Crippen LogP contribution in [0.1, 0.15) is 103 Å². The third-order valence-corrected chi connectivity index (χ3v) is 14.1. The van der Waals surface area contributed by atoms with E-state index in [1.807, 2.05) is 62.0 Å². The van der Waals surface area contributed by atoms with Gasteiger partial charge >= 0.3 is 6.09 Å². The number of piperidine rings is 1. The Morgan fingerprint density at radius 2 is 1.75 bits per heavy atom. The maximum atomic E-state index is 13.6. The van der Waals surface area contributed by atoms with E-state index in [2.05, 4.69) is 58.8 Å². The van der Waals surface area contributed by atoms with Gasteiger partial charge in [-0.3, -0.25) is 33.7 Å². The van der Waals surface area contributed by atoms with Gasteiger partial charge in [-0.2, -0.15) is 5.10 Å². The number of pyridine rings is 1. The van der Waals surface area contributed by atoms with Crippen LogP contribution in [0.15, 0.2) is 73.2 Å². The number of aryl methyl sites for hydroxylation is 1. The number of likely N-dealkylation sites (tertiary alicyclic amines) is 2. The highest BCUT2D eigenvalue weighted by Crippen LogP contribution is 2.36. The monoisotopic (exact) mass is 924 g/mol. The number of imide groups is 1. The Morgan fingerprint density at radius 1 is 0.955 bits per heavy atom. The minimum absolute atomic E-state index is 0.0664. The summed E-state index contributed by atoms with van der Waals surface area (Å²) in [6.45, 7) is 14.6. The van der Waals surface area contributed by atoms with E-state index in [9.17, 15) is 24.0 Å². The molecule has 5 aromatic rings. The Bertz CT molecular complexity index is 2770. The van der Waals surface area contributed by atoms with Crippen LogP contribution in [0.5, 0.6) is 0 Å². The van der Waals surface area contributed by atoms with Crippen molar-refractivity contribution in [3.05, 3.63) is 101 Å². The van der Waals surface area contributed by atoms with Crippen molar-refractivity contribution in [2.45, 2.75) is 116 Å². The lowest BCUT2D eigenvalue weighted by molar-refractivity contribution is -0.158. The van der Waals surface area contributed by atoms with Gasteiger partial charge in [0.1, 0.15) is 24.2 Å². The number of rotatable bonds is 13. The average molecular weight is 925 g/mol. The number of fused-ring (bicyclic) bond motifs is 2. The number of carbonyl (C=O) groups excluding carboxylic acids is 5. The predicted octanol–water partition coefficient (Wildman–Crippen LogP) is 8.32. The highest BCUT2D eigenvalue weighted by molar-refractivity contribution is 6.76. The molecule has 3 aliphatic heterocycles. The van der Waals surface area contributed by atoms with Crippen LogP contribution in [0, 0.1) is 11.8 Å². The highest BCUT2D eigenvalue weighted by Gasteiger charge is 2.43. The summed E-state index contributed by atoms with van der Waals surface area (Å²) in [7, 11) is 0.738. The van der Waals surface area contributed by atoms with Crippen molar-refractivity contribution >= 4 is 54.5 Å². The first-order valence-electron chi connectivity index (χ1n) is 23.2. The molecule has 3 aliphatic rings. The molecule has 4 amide bonds. The number of amides is 4. The van der Waals surface area contributed by atoms with E-state index in [1.54, 1.807) is 46.1 Å². The van der Waals surface area contributed by atoms with Gasteiger partial charge in [0.2, 0.25) is 5.91 Å². The van der Waals surface area contributed by atoms with Crippen molar-refractivity contribution in [3.8, 4) is 23.0 Å². The normalized spacial score (nSPS) is 17.8. The van der Waals surface area contributed by atoms with Crippen LogP contribution in [-0.2, 0) is 32.2 Å². The van der Waals surface area contributed by atoms with E-state index in [4.69, 9.17) is 9.47 Å². The number of hydrogen-bond acceptors (Lipinski definition) is 10. The molecule has 3 aromatic heterocycles. The average Bonchev–Trinajstić information content (AvgIpc) is 4.08. The fourth-order valence-electron chi connectivity index (χ4n) is 8.82. The molecule has 2 atom stereocenters. The predicted molar refractivity (Wildman–Crippen MR) is 258 cm³/mol. The Hall–Kier alpha value is -6.41. The number of nitrogens with zero attached hydrogens (tertiary/aromatic N) is 7. The molecule has 0 saturated carbocycles. The van der Waals surface area contributed by atoms with Gasteiger partial charge in [-0.25, -0.2) is 14.3 Å². The molecule has 1 unspecified atom stereocenters. The minimum Gasteiger partial charge on any atom is -0.443 e. The summed E-state index contributed by atoms with van der Waals surface area (Å²) in [5.74, 6) is 5.62. The molecule has 67 heavy (non-hydrogen) atoms. The van der Waals surface area contributed by atoms with Crippen LogP contribution in [0.2, 0.25) is 25.7 Å². The summed E-state index contributed by atoms with van der Waals surface area (Å²) in [6.07, 6.45) is 8.84. The lowest BCUT2D eigenvalue weighted by Gasteiger charge is -2.35. The lowest BCUT2D eigenvalue weighted by Crippen LogP contribution is -2.55. The molecule has 2 aromatic carbocycles. The second-order valence-corrected chi connectivity index (χ2v) is 25.6. The molecule has 0 bridgehead atoms. The maximum Gasteiger partial charge on any atom is 0.419 e. The highest BCUT2D eigenvalue weighted by atomic mass is 28.3. The second-order valence-electron chi connectivity index (χ2n) is 19.9. The summed E-state index contributed by atoms with van der Waals surface area (Å²) in [5.41, 5.74) is 5.24. The Kier molecular flexibility index (Phi) is 13.7. The first kappa shape index (κ1) is 47.1. The molecule has 1 N–H and O–H groups in total. The zero-order valence-corrected chi connectivity index (χ0v) is 40.6. The molecule has 0 spiro atoms. The minimum atomic E-state index is -1.32. The number of benzene rings is 2. The van der Waals surface area contributed by atoms with Crippen LogP contribution in [0.25, 0.3) is 22.0 Å². The summed E-state index contributed by atoms with van der Waals surface area (Å²) < 4.78 is 15.1. The van der Waals surface area contributed by atoms with E-state index in [-0.39, 0.29) is 49.4 Å². The first-order valence-corrected chi connectivity index (χ1v) is 26.9. The zero-order chi connectivity index (χ0) is 47.6. The molecule has 2 fully saturated rings. The lowest BCUT2D eigenvalue weighted by atomic mass is 10.0. The van der Waals surface area contributed by atoms with Crippen molar-refractivity contribution in [2.75, 3.05) is 32.2 Å². The number of hydrogen-bond donors (Lipinski definition) is 1. The number of nitrogens with one attached hydrogen (secondary N) is 1. The third-order valence-electron chi connectivity index (χ3n) is 12.4. The molecule has 0 radical (unpaired) electrons. The third kappa shape index (κ3) is 10.9. The largest absolute Gasteiger partial charge is 0.443 e. The fourth-order valence-corrected chi connectivity index (χ4v) is 9.57. The summed E-state index contributed by atoms with van der Waals surface area (Å²) in [4.78, 5) is 76.0. The maximum absolute atomic E-state index is 13.6. The van der Waals surface area contributed by atoms with Gasteiger partial charge in [-0.15, -0.1) is 0 Å². The van der Waals surface area contributed by atoms with Gasteiger partial charge in [0.15, 0.2) is 0 Å². The number of aromatic nitrogens is 4. The van der Waals surface area contributed by atoms with Crippen molar-refractivity contribution < 1.29 is 33.4 Å². The van der Waals surface area contributed by atoms with Gasteiger partial charge in [-0.1, -0.05) is 43.6 Å². The summed E-state index contributed by atoms with van der Waals surface area (Å²) in [5, 5.41) is 8.24. The Morgan fingerprint density at radius 3 is 2.48 bits per heavy atom. The SMILES string of the molecule is CN1CCC[C@@H]1c1cc2cnc(NC(=O)c3ccc(-c4cnn(CCCC#Cc5ccc6c(c5)CN(C5CCC(=O)N(COCC[Si](C)(C)C)C5=O)C6=O)c4)cc3)cc2n1C(=O)OC(C)(C)C. The van der Waals surface area contributed by atoms with Crippen LogP contribution < -0.4 is 5.32 Å². The van der Waals surface area contributed by atoms with E-state index in [1.165, 1.54) is 0 Å². The summed E-state index contributed by atoms with van der Waals surface area (Å²) in [6, 6.07) is 16.8. The van der Waals surface area contributed by atoms with Crippen molar-refractivity contribution in [2.24, 2.45) is 0 Å². The number of ether oxygens (including phenoxy) is 2.